The molecule has 1 atom stereocenters. The highest BCUT2D eigenvalue weighted by atomic mass is 32.1. The van der Waals surface area contributed by atoms with Gasteiger partial charge in [-0.15, -0.1) is 0 Å². The molecule has 1 aliphatic heterocycles. The lowest BCUT2D eigenvalue weighted by Gasteiger charge is -2.16. The van der Waals surface area contributed by atoms with Crippen molar-refractivity contribution >= 4 is 18.3 Å². The molecule has 4 heteroatoms. The third-order valence-electron chi connectivity index (χ3n) is 1.60. The number of anilines is 1. The Morgan fingerprint density at radius 1 is 1.80 bits per heavy atom. The molecular formula is C6H8N2OS. The third kappa shape index (κ3) is 0.883. The molecule has 0 aliphatic carbocycles. The van der Waals surface area contributed by atoms with Crippen molar-refractivity contribution in [2.75, 3.05) is 11.9 Å². The van der Waals surface area contributed by atoms with E-state index in [0.717, 1.165) is 24.3 Å². The van der Waals surface area contributed by atoms with Crippen molar-refractivity contribution < 1.29 is 4.52 Å². The summed E-state index contributed by atoms with van der Waals surface area (Å²) in [5.41, 5.74) is 2.01. The molecule has 54 valence electrons. The maximum Gasteiger partial charge on any atom is 0.147 e. The van der Waals surface area contributed by atoms with Crippen LogP contribution in [0.2, 0.25) is 0 Å². The van der Waals surface area contributed by atoms with Crippen molar-refractivity contribution in [3.8, 4) is 0 Å². The first-order valence-electron chi connectivity index (χ1n) is 3.21. The Hall–Kier alpha value is -0.640. The summed E-state index contributed by atoms with van der Waals surface area (Å²) < 4.78 is 4.77. The fourth-order valence-electron chi connectivity index (χ4n) is 1.07. The molecule has 1 unspecified atom stereocenters. The van der Waals surface area contributed by atoms with Crippen molar-refractivity contribution in [1.29, 1.82) is 0 Å². The van der Waals surface area contributed by atoms with Crippen LogP contribution in [0.4, 0.5) is 5.69 Å². The molecule has 1 aromatic rings. The first-order chi connectivity index (χ1) is 4.86. The van der Waals surface area contributed by atoms with E-state index in [1.165, 1.54) is 0 Å². The molecule has 0 saturated heterocycles. The maximum atomic E-state index is 4.77. The van der Waals surface area contributed by atoms with Gasteiger partial charge in [-0.2, -0.15) is 12.6 Å². The lowest BCUT2D eigenvalue weighted by atomic mass is 10.1. The normalized spacial score (nSPS) is 23.5. The number of nitrogens with zero attached hydrogens (tertiary/aromatic N) is 1. The minimum atomic E-state index is 0.373. The van der Waals surface area contributed by atoms with Gasteiger partial charge in [0.25, 0.3) is 0 Å². The van der Waals surface area contributed by atoms with Crippen LogP contribution < -0.4 is 5.32 Å². The second kappa shape index (κ2) is 2.20. The van der Waals surface area contributed by atoms with E-state index in [4.69, 9.17) is 4.52 Å². The lowest BCUT2D eigenvalue weighted by Crippen LogP contribution is -2.22. The lowest BCUT2D eigenvalue weighted by molar-refractivity contribution is 0.412. The second-order valence-electron chi connectivity index (χ2n) is 2.41. The molecule has 0 bridgehead atoms. The third-order valence-corrected chi connectivity index (χ3v) is 1.97. The Balaban J connectivity index is 2.30. The van der Waals surface area contributed by atoms with Crippen LogP contribution in [0.3, 0.4) is 0 Å². The molecule has 1 aliphatic rings. The molecule has 0 amide bonds. The highest BCUT2D eigenvalue weighted by molar-refractivity contribution is 7.81. The highest BCUT2D eigenvalue weighted by Gasteiger charge is 2.17. The number of thiol groups is 1. The molecule has 0 saturated carbocycles. The molecule has 0 spiro atoms. The van der Waals surface area contributed by atoms with E-state index in [2.05, 4.69) is 23.1 Å². The molecular weight excluding hydrogens is 148 g/mol. The Morgan fingerprint density at radius 2 is 2.70 bits per heavy atom. The SMILES string of the molecule is SC1CNc2conc2C1. The van der Waals surface area contributed by atoms with Crippen LogP contribution in [-0.2, 0) is 6.42 Å². The van der Waals surface area contributed by atoms with Gasteiger partial charge in [0.1, 0.15) is 12.0 Å². The zero-order valence-electron chi connectivity index (χ0n) is 5.37. The number of rotatable bonds is 0. The smallest absolute Gasteiger partial charge is 0.147 e. The van der Waals surface area contributed by atoms with Crippen molar-refractivity contribution in [3.63, 3.8) is 0 Å². The number of hydrogen-bond donors (Lipinski definition) is 2. The molecule has 3 nitrogen and oxygen atoms in total. The van der Waals surface area contributed by atoms with Gasteiger partial charge in [-0.3, -0.25) is 0 Å². The van der Waals surface area contributed by atoms with Crippen LogP contribution in [-0.4, -0.2) is 17.0 Å². The largest absolute Gasteiger partial charge is 0.380 e. The molecule has 2 heterocycles. The topological polar surface area (TPSA) is 38.1 Å². The molecule has 1 N–H and O–H groups in total. The number of hydrogen-bond acceptors (Lipinski definition) is 4. The quantitative estimate of drug-likeness (QED) is 0.549. The Labute approximate surface area is 64.2 Å². The first-order valence-corrected chi connectivity index (χ1v) is 3.73. The van der Waals surface area contributed by atoms with E-state index in [-0.39, 0.29) is 0 Å². The van der Waals surface area contributed by atoms with Gasteiger partial charge in [-0.05, 0) is 0 Å². The Bertz CT molecular complexity index is 235. The first kappa shape index (κ1) is 6.09. The van der Waals surface area contributed by atoms with Crippen LogP contribution in [0.15, 0.2) is 10.8 Å². The van der Waals surface area contributed by atoms with Gasteiger partial charge in [0, 0.05) is 18.2 Å². The second-order valence-corrected chi connectivity index (χ2v) is 3.14. The van der Waals surface area contributed by atoms with Crippen molar-refractivity contribution in [2.24, 2.45) is 0 Å². The fraction of sp³-hybridized carbons (Fsp3) is 0.500. The number of fused-ring (bicyclic) bond motifs is 1. The number of aromatic nitrogens is 1. The minimum Gasteiger partial charge on any atom is -0.380 e. The monoisotopic (exact) mass is 156 g/mol. The summed E-state index contributed by atoms with van der Waals surface area (Å²) in [5.74, 6) is 0. The summed E-state index contributed by atoms with van der Waals surface area (Å²) in [4.78, 5) is 0. The van der Waals surface area contributed by atoms with Gasteiger partial charge in [-0.1, -0.05) is 5.16 Å². The van der Waals surface area contributed by atoms with Crippen LogP contribution in [0.25, 0.3) is 0 Å². The molecule has 10 heavy (non-hydrogen) atoms. The van der Waals surface area contributed by atoms with Crippen LogP contribution >= 0.6 is 12.6 Å². The average molecular weight is 156 g/mol. The van der Waals surface area contributed by atoms with Crippen molar-refractivity contribution in [1.82, 2.24) is 5.16 Å². The van der Waals surface area contributed by atoms with E-state index in [1.54, 1.807) is 6.26 Å². The number of nitrogens with one attached hydrogen (secondary N) is 1. The van der Waals surface area contributed by atoms with E-state index >= 15 is 0 Å². The van der Waals surface area contributed by atoms with E-state index in [0.29, 0.717) is 5.25 Å². The molecule has 0 fully saturated rings. The summed E-state index contributed by atoms with van der Waals surface area (Å²) >= 11 is 4.32. The van der Waals surface area contributed by atoms with E-state index in [1.807, 2.05) is 0 Å². The zero-order chi connectivity index (χ0) is 6.97. The zero-order valence-corrected chi connectivity index (χ0v) is 6.27. The Kier molecular flexibility index (Phi) is 1.34. The predicted octanol–water partition coefficient (Wildman–Crippen LogP) is 0.941. The van der Waals surface area contributed by atoms with E-state index < -0.39 is 0 Å². The predicted molar refractivity (Wildman–Crippen MR) is 41.5 cm³/mol. The molecule has 0 aromatic carbocycles. The highest BCUT2D eigenvalue weighted by Crippen LogP contribution is 2.21. The van der Waals surface area contributed by atoms with Gasteiger partial charge >= 0.3 is 0 Å². The van der Waals surface area contributed by atoms with Gasteiger partial charge in [0.2, 0.25) is 0 Å². The Morgan fingerprint density at radius 3 is 3.60 bits per heavy atom. The standard InChI is InChI=1S/C6H8N2OS/c10-4-1-5-6(7-2-4)3-9-8-5/h3-4,7,10H,1-2H2. The summed E-state index contributed by atoms with van der Waals surface area (Å²) in [5, 5.41) is 7.35. The van der Waals surface area contributed by atoms with Gasteiger partial charge < -0.3 is 9.84 Å². The fourth-order valence-corrected chi connectivity index (χ4v) is 1.34. The molecule has 0 radical (unpaired) electrons. The summed E-state index contributed by atoms with van der Waals surface area (Å²) in [6, 6.07) is 0. The van der Waals surface area contributed by atoms with Crippen LogP contribution in [0, 0.1) is 0 Å². The summed E-state index contributed by atoms with van der Waals surface area (Å²) in [6.07, 6.45) is 2.54. The molecule has 1 aromatic heterocycles. The van der Waals surface area contributed by atoms with Crippen molar-refractivity contribution in [2.45, 2.75) is 11.7 Å². The van der Waals surface area contributed by atoms with Gasteiger partial charge in [-0.25, -0.2) is 0 Å². The summed E-state index contributed by atoms with van der Waals surface area (Å²) in [7, 11) is 0. The van der Waals surface area contributed by atoms with Crippen LogP contribution in [0.1, 0.15) is 5.69 Å². The summed E-state index contributed by atoms with van der Waals surface area (Å²) in [6.45, 7) is 0.900. The van der Waals surface area contributed by atoms with Crippen LogP contribution in [0.5, 0.6) is 0 Å². The van der Waals surface area contributed by atoms with E-state index in [9.17, 15) is 0 Å². The average Bonchev–Trinajstić information content (AvgIpc) is 2.33. The minimum absolute atomic E-state index is 0.373. The maximum absolute atomic E-state index is 4.77. The van der Waals surface area contributed by atoms with Crippen molar-refractivity contribution in [3.05, 3.63) is 12.0 Å². The van der Waals surface area contributed by atoms with Gasteiger partial charge in [0.15, 0.2) is 0 Å². The van der Waals surface area contributed by atoms with Gasteiger partial charge in [0.05, 0.1) is 5.69 Å². The molecule has 2 rings (SSSR count).